The summed E-state index contributed by atoms with van der Waals surface area (Å²) in [6.45, 7) is 1.92. The lowest BCUT2D eigenvalue weighted by Crippen LogP contribution is -2.29. The van der Waals surface area contributed by atoms with Gasteiger partial charge in [0.1, 0.15) is 5.75 Å². The first kappa shape index (κ1) is 21.0. The lowest BCUT2D eigenvalue weighted by Gasteiger charge is -2.37. The highest BCUT2D eigenvalue weighted by Gasteiger charge is 2.37. The molecule has 5 heteroatoms. The zero-order chi connectivity index (χ0) is 22.8. The molecule has 2 aliphatic rings. The number of anilines is 1. The van der Waals surface area contributed by atoms with Crippen LogP contribution in [0, 0.1) is 5.92 Å². The number of fused-ring (bicyclic) bond motifs is 3. The molecule has 0 bridgehead atoms. The predicted molar refractivity (Wildman–Crippen MR) is 132 cm³/mol. The highest BCUT2D eigenvalue weighted by molar-refractivity contribution is 6.01. The second-order valence-corrected chi connectivity index (χ2v) is 8.55. The summed E-state index contributed by atoms with van der Waals surface area (Å²) in [4.78, 5) is 12.5. The molecule has 0 aromatic heterocycles. The average Bonchev–Trinajstić information content (AvgIpc) is 3.37. The molecule has 3 aromatic rings. The third kappa shape index (κ3) is 4.14. The number of nitrogens with zero attached hydrogens (tertiary/aromatic N) is 1. The van der Waals surface area contributed by atoms with Crippen molar-refractivity contribution in [3.8, 4) is 5.75 Å². The summed E-state index contributed by atoms with van der Waals surface area (Å²) in [5.74, 6) is 1.32. The smallest absolute Gasteiger partial charge is 0.271 e. The zero-order valence-electron chi connectivity index (χ0n) is 18.8. The Morgan fingerprint density at radius 1 is 1.03 bits per heavy atom. The number of hydrogen-bond donors (Lipinski definition) is 2. The van der Waals surface area contributed by atoms with Gasteiger partial charge in [-0.25, -0.2) is 5.43 Å². The van der Waals surface area contributed by atoms with Crippen LogP contribution in [0.1, 0.15) is 52.4 Å². The average molecular weight is 438 g/mol. The Labute approximate surface area is 194 Å². The maximum absolute atomic E-state index is 12.5. The van der Waals surface area contributed by atoms with Crippen molar-refractivity contribution in [1.29, 1.82) is 0 Å². The monoisotopic (exact) mass is 437 g/mol. The van der Waals surface area contributed by atoms with Crippen LogP contribution >= 0.6 is 0 Å². The Bertz CT molecular complexity index is 1220. The van der Waals surface area contributed by atoms with E-state index in [1.165, 1.54) is 11.1 Å². The van der Waals surface area contributed by atoms with Gasteiger partial charge >= 0.3 is 0 Å². The number of carbonyl (C=O) groups is 1. The molecule has 1 aliphatic heterocycles. The topological polar surface area (TPSA) is 62.7 Å². The molecule has 2 N–H and O–H groups in total. The molecular weight excluding hydrogens is 410 g/mol. The minimum absolute atomic E-state index is 0.249. The molecule has 0 spiro atoms. The number of nitrogens with one attached hydrogen (secondary N) is 2. The van der Waals surface area contributed by atoms with E-state index in [-0.39, 0.29) is 5.91 Å². The molecular formula is C28H27N3O2. The standard InChI is InChI=1S/C28H27N3O2/c1-18(30-31-28(32)20-11-14-22(33-2)15-12-20)21-13-16-26-25(17-21)23-9-6-10-24(23)27(29-26)19-7-4-3-5-8-19/h3-9,11-17,23-24,27,29H,10H2,1-2H3,(H,31,32)/b30-18-/t23-,24+,27-/m0/s1. The van der Waals surface area contributed by atoms with E-state index in [0.717, 1.165) is 23.4 Å². The van der Waals surface area contributed by atoms with Gasteiger partial charge in [-0.2, -0.15) is 5.10 Å². The largest absolute Gasteiger partial charge is 0.497 e. The highest BCUT2D eigenvalue weighted by atomic mass is 16.5. The molecule has 0 unspecified atom stereocenters. The summed E-state index contributed by atoms with van der Waals surface area (Å²) in [6.07, 6.45) is 5.69. The molecule has 3 atom stereocenters. The molecule has 5 nitrogen and oxygen atoms in total. The van der Waals surface area contributed by atoms with Gasteiger partial charge in [0.15, 0.2) is 0 Å². The number of carbonyl (C=O) groups excluding carboxylic acids is 1. The van der Waals surface area contributed by atoms with Crippen LogP contribution < -0.4 is 15.5 Å². The Kier molecular flexibility index (Phi) is 5.69. The maximum Gasteiger partial charge on any atom is 0.271 e. The Balaban J connectivity index is 1.36. The number of hydrogen-bond acceptors (Lipinski definition) is 4. The van der Waals surface area contributed by atoms with E-state index in [1.807, 2.05) is 6.92 Å². The number of allylic oxidation sites excluding steroid dienone is 2. The van der Waals surface area contributed by atoms with Crippen LogP contribution in [0.2, 0.25) is 0 Å². The number of hydrazone groups is 1. The van der Waals surface area contributed by atoms with Crippen LogP contribution in [0.5, 0.6) is 5.75 Å². The maximum atomic E-state index is 12.5. The van der Waals surface area contributed by atoms with Crippen LogP contribution in [-0.2, 0) is 0 Å². The van der Waals surface area contributed by atoms with Crippen LogP contribution in [0.15, 0.2) is 90.0 Å². The van der Waals surface area contributed by atoms with Gasteiger partial charge in [0.2, 0.25) is 0 Å². The Morgan fingerprint density at radius 3 is 2.55 bits per heavy atom. The van der Waals surface area contributed by atoms with Crippen molar-refractivity contribution in [2.24, 2.45) is 11.0 Å². The van der Waals surface area contributed by atoms with E-state index in [9.17, 15) is 4.79 Å². The lowest BCUT2D eigenvalue weighted by atomic mass is 9.76. The Morgan fingerprint density at radius 2 is 1.79 bits per heavy atom. The first-order valence-electron chi connectivity index (χ1n) is 11.2. The Hall–Kier alpha value is -3.86. The van der Waals surface area contributed by atoms with Gasteiger partial charge in [-0.15, -0.1) is 0 Å². The molecule has 3 aromatic carbocycles. The fourth-order valence-electron chi connectivity index (χ4n) is 4.82. The van der Waals surface area contributed by atoms with Crippen molar-refractivity contribution >= 4 is 17.3 Å². The number of ether oxygens (including phenoxy) is 1. The van der Waals surface area contributed by atoms with Crippen molar-refractivity contribution in [1.82, 2.24) is 5.43 Å². The first-order chi connectivity index (χ1) is 16.1. The molecule has 0 saturated heterocycles. The van der Waals surface area contributed by atoms with Gasteiger partial charge < -0.3 is 10.1 Å². The third-order valence-corrected chi connectivity index (χ3v) is 6.62. The zero-order valence-corrected chi connectivity index (χ0v) is 18.8. The van der Waals surface area contributed by atoms with Crippen molar-refractivity contribution in [3.63, 3.8) is 0 Å². The molecule has 1 heterocycles. The van der Waals surface area contributed by atoms with Gasteiger partial charge in [-0.1, -0.05) is 48.6 Å². The molecule has 33 heavy (non-hydrogen) atoms. The van der Waals surface area contributed by atoms with Crippen LogP contribution in [-0.4, -0.2) is 18.7 Å². The summed E-state index contributed by atoms with van der Waals surface area (Å²) in [6, 6.07) is 24.3. The summed E-state index contributed by atoms with van der Waals surface area (Å²) >= 11 is 0. The minimum Gasteiger partial charge on any atom is -0.497 e. The SMILES string of the molecule is COc1ccc(C(=O)N/N=C(/C)c2ccc3c(c2)[C@H]2C=CC[C@H]2[C@H](c2ccccc2)N3)cc1. The second kappa shape index (κ2) is 8.94. The molecule has 5 rings (SSSR count). The molecule has 1 amide bonds. The van der Waals surface area contributed by atoms with Crippen LogP contribution in [0.25, 0.3) is 0 Å². The first-order valence-corrected chi connectivity index (χ1v) is 11.2. The lowest BCUT2D eigenvalue weighted by molar-refractivity contribution is 0.0955. The second-order valence-electron chi connectivity index (χ2n) is 8.55. The van der Waals surface area contributed by atoms with E-state index in [2.05, 4.69) is 76.5 Å². The molecule has 0 fully saturated rings. The fraction of sp³-hybridized carbons (Fsp3) is 0.214. The highest BCUT2D eigenvalue weighted by Crippen LogP contribution is 2.49. The summed E-state index contributed by atoms with van der Waals surface area (Å²) in [7, 11) is 1.60. The number of amides is 1. The summed E-state index contributed by atoms with van der Waals surface area (Å²) < 4.78 is 5.14. The van der Waals surface area contributed by atoms with E-state index < -0.39 is 0 Å². The molecule has 0 saturated carbocycles. The van der Waals surface area contributed by atoms with Gasteiger partial charge in [0.25, 0.3) is 5.91 Å². The molecule has 0 radical (unpaired) electrons. The normalized spacial score (nSPS) is 21.0. The van der Waals surface area contributed by atoms with E-state index in [4.69, 9.17) is 4.74 Å². The molecule has 1 aliphatic carbocycles. The van der Waals surface area contributed by atoms with Gasteiger partial charge in [0, 0.05) is 17.2 Å². The van der Waals surface area contributed by atoms with Crippen molar-refractivity contribution < 1.29 is 9.53 Å². The predicted octanol–water partition coefficient (Wildman–Crippen LogP) is 5.68. The van der Waals surface area contributed by atoms with Gasteiger partial charge in [-0.05, 0) is 72.4 Å². The van der Waals surface area contributed by atoms with E-state index >= 15 is 0 Å². The number of benzene rings is 3. The van der Waals surface area contributed by atoms with Crippen molar-refractivity contribution in [2.75, 3.05) is 12.4 Å². The van der Waals surface area contributed by atoms with Crippen LogP contribution in [0.3, 0.4) is 0 Å². The summed E-state index contributed by atoms with van der Waals surface area (Å²) in [5, 5.41) is 8.13. The number of rotatable bonds is 5. The summed E-state index contributed by atoms with van der Waals surface area (Å²) in [5.41, 5.74) is 8.75. The number of methoxy groups -OCH3 is 1. The van der Waals surface area contributed by atoms with Gasteiger partial charge in [0.05, 0.1) is 18.9 Å². The van der Waals surface area contributed by atoms with Gasteiger partial charge in [-0.3, -0.25) is 4.79 Å². The quantitative estimate of drug-likeness (QED) is 0.307. The van der Waals surface area contributed by atoms with Crippen molar-refractivity contribution in [2.45, 2.75) is 25.3 Å². The fourth-order valence-corrected chi connectivity index (χ4v) is 4.82. The van der Waals surface area contributed by atoms with Crippen molar-refractivity contribution in [3.05, 3.63) is 107 Å². The minimum atomic E-state index is -0.249. The van der Waals surface area contributed by atoms with E-state index in [0.29, 0.717) is 29.2 Å². The third-order valence-electron chi connectivity index (χ3n) is 6.62. The molecule has 166 valence electrons. The van der Waals surface area contributed by atoms with E-state index in [1.54, 1.807) is 31.4 Å². The van der Waals surface area contributed by atoms with Crippen LogP contribution in [0.4, 0.5) is 5.69 Å².